The zero-order valence-corrected chi connectivity index (χ0v) is 19.2. The first-order valence-electron chi connectivity index (χ1n) is 8.24. The lowest BCUT2D eigenvalue weighted by atomic mass is 10.1. The molecule has 0 unspecified atom stereocenters. The lowest BCUT2D eigenvalue weighted by molar-refractivity contribution is 0.324. The second-order valence-corrected chi connectivity index (χ2v) is 5.90. The van der Waals surface area contributed by atoms with Gasteiger partial charge in [-0.15, -0.1) is 24.0 Å². The molecule has 0 aliphatic carbocycles. The fraction of sp³-hybridized carbons (Fsp3) is 0.316. The van der Waals surface area contributed by atoms with Gasteiger partial charge in [0.1, 0.15) is 5.82 Å². The van der Waals surface area contributed by atoms with Crippen molar-refractivity contribution in [3.8, 4) is 17.2 Å². The van der Waals surface area contributed by atoms with E-state index in [1.54, 1.807) is 52.6 Å². The van der Waals surface area contributed by atoms with E-state index in [1.165, 1.54) is 6.07 Å². The van der Waals surface area contributed by atoms with Crippen molar-refractivity contribution in [1.29, 1.82) is 0 Å². The average Bonchev–Trinajstić information content (AvgIpc) is 2.68. The van der Waals surface area contributed by atoms with Gasteiger partial charge in [-0.1, -0.05) is 17.7 Å². The monoisotopic (exact) mass is 523 g/mol. The summed E-state index contributed by atoms with van der Waals surface area (Å²) in [6.07, 6.45) is 0.418. The highest BCUT2D eigenvalue weighted by Crippen LogP contribution is 2.39. The Kier molecular flexibility index (Phi) is 10.2. The molecule has 0 spiro atoms. The summed E-state index contributed by atoms with van der Waals surface area (Å²) in [5, 5.41) is 6.67. The summed E-state index contributed by atoms with van der Waals surface area (Å²) >= 11 is 6.05. The van der Waals surface area contributed by atoms with E-state index in [4.69, 9.17) is 25.8 Å². The number of anilines is 1. The minimum Gasteiger partial charge on any atom is -0.493 e. The number of hydrogen-bond acceptors (Lipinski definition) is 4. The second-order valence-electron chi connectivity index (χ2n) is 5.49. The normalized spacial score (nSPS) is 10.7. The topological polar surface area (TPSA) is 64.1 Å². The third-order valence-electron chi connectivity index (χ3n) is 3.88. The Hall–Kier alpha value is -1.94. The molecule has 0 amide bonds. The van der Waals surface area contributed by atoms with Crippen LogP contribution in [-0.4, -0.2) is 40.9 Å². The molecule has 28 heavy (non-hydrogen) atoms. The van der Waals surface area contributed by atoms with Gasteiger partial charge in [0.2, 0.25) is 5.75 Å². The van der Waals surface area contributed by atoms with E-state index in [2.05, 4.69) is 15.6 Å². The van der Waals surface area contributed by atoms with Crippen molar-refractivity contribution in [3.63, 3.8) is 0 Å². The summed E-state index contributed by atoms with van der Waals surface area (Å²) < 4.78 is 29.8. The SMILES string of the molecule is CN=C(NCCc1c(F)cccc1Cl)Nc1cc(OC)c(OC)c(OC)c1.I. The number of halogens is 3. The highest BCUT2D eigenvalue weighted by Gasteiger charge is 2.14. The van der Waals surface area contributed by atoms with E-state index < -0.39 is 0 Å². The molecule has 0 bridgehead atoms. The Morgan fingerprint density at radius 3 is 2.25 bits per heavy atom. The molecule has 2 aromatic rings. The molecule has 0 radical (unpaired) electrons. The number of methoxy groups -OCH3 is 3. The number of nitrogens with one attached hydrogen (secondary N) is 2. The number of aliphatic imine (C=N–C) groups is 1. The van der Waals surface area contributed by atoms with Gasteiger partial charge in [-0.3, -0.25) is 4.99 Å². The van der Waals surface area contributed by atoms with E-state index in [9.17, 15) is 4.39 Å². The average molecular weight is 524 g/mol. The molecule has 0 aromatic heterocycles. The summed E-state index contributed by atoms with van der Waals surface area (Å²) in [4.78, 5) is 4.17. The Morgan fingerprint density at radius 2 is 1.75 bits per heavy atom. The zero-order chi connectivity index (χ0) is 19.8. The molecule has 6 nitrogen and oxygen atoms in total. The van der Waals surface area contributed by atoms with Crippen LogP contribution in [0.1, 0.15) is 5.56 Å². The Balaban J connectivity index is 0.00000392. The summed E-state index contributed by atoms with van der Waals surface area (Å²) in [7, 11) is 6.28. The van der Waals surface area contributed by atoms with Crippen LogP contribution >= 0.6 is 35.6 Å². The molecule has 0 heterocycles. The maximum absolute atomic E-state index is 13.8. The fourth-order valence-electron chi connectivity index (χ4n) is 2.55. The molecule has 0 saturated carbocycles. The van der Waals surface area contributed by atoms with Crippen LogP contribution in [0.15, 0.2) is 35.3 Å². The van der Waals surface area contributed by atoms with E-state index in [-0.39, 0.29) is 29.8 Å². The first-order valence-corrected chi connectivity index (χ1v) is 8.62. The summed E-state index contributed by atoms with van der Waals surface area (Å²) in [5.74, 6) is 1.73. The van der Waals surface area contributed by atoms with Crippen LogP contribution in [0, 0.1) is 5.82 Å². The Labute approximate surface area is 186 Å². The first kappa shape index (κ1) is 24.1. The van der Waals surface area contributed by atoms with Crippen LogP contribution in [0.2, 0.25) is 5.02 Å². The van der Waals surface area contributed by atoms with Gasteiger partial charge in [0, 0.05) is 42.0 Å². The molecule has 0 fully saturated rings. The molecular formula is C19H24ClFIN3O3. The van der Waals surface area contributed by atoms with E-state index >= 15 is 0 Å². The second kappa shape index (κ2) is 11.8. The Bertz CT molecular complexity index is 776. The highest BCUT2D eigenvalue weighted by molar-refractivity contribution is 14.0. The molecule has 2 N–H and O–H groups in total. The van der Waals surface area contributed by atoms with Crippen molar-refractivity contribution in [2.45, 2.75) is 6.42 Å². The Morgan fingerprint density at radius 1 is 1.11 bits per heavy atom. The van der Waals surface area contributed by atoms with Crippen LogP contribution in [0.4, 0.5) is 10.1 Å². The number of rotatable bonds is 7. The van der Waals surface area contributed by atoms with Crippen molar-refractivity contribution in [2.75, 3.05) is 40.2 Å². The first-order chi connectivity index (χ1) is 13.0. The van der Waals surface area contributed by atoms with Crippen LogP contribution in [0.25, 0.3) is 0 Å². The van der Waals surface area contributed by atoms with Gasteiger partial charge < -0.3 is 24.8 Å². The quantitative estimate of drug-likeness (QED) is 0.321. The summed E-state index contributed by atoms with van der Waals surface area (Å²) in [6.45, 7) is 0.449. The van der Waals surface area contributed by atoms with E-state index in [1.807, 2.05) is 0 Å². The number of guanidine groups is 1. The smallest absolute Gasteiger partial charge is 0.203 e. The minimum atomic E-state index is -0.322. The molecule has 2 rings (SSSR count). The zero-order valence-electron chi connectivity index (χ0n) is 16.1. The van der Waals surface area contributed by atoms with Crippen LogP contribution < -0.4 is 24.8 Å². The van der Waals surface area contributed by atoms with E-state index in [0.717, 1.165) is 0 Å². The van der Waals surface area contributed by atoms with Gasteiger partial charge in [0.05, 0.1) is 21.3 Å². The third kappa shape index (κ3) is 6.03. The van der Waals surface area contributed by atoms with Gasteiger partial charge >= 0.3 is 0 Å². The maximum Gasteiger partial charge on any atom is 0.203 e. The van der Waals surface area contributed by atoms with Crippen molar-refractivity contribution in [3.05, 3.63) is 46.7 Å². The highest BCUT2D eigenvalue weighted by atomic mass is 127. The lowest BCUT2D eigenvalue weighted by Crippen LogP contribution is -2.32. The number of ether oxygens (including phenoxy) is 3. The van der Waals surface area contributed by atoms with Crippen molar-refractivity contribution >= 4 is 47.2 Å². The molecule has 0 saturated heterocycles. The number of hydrogen-bond donors (Lipinski definition) is 2. The fourth-order valence-corrected chi connectivity index (χ4v) is 2.80. The predicted molar refractivity (Wildman–Crippen MR) is 122 cm³/mol. The molecule has 0 aliphatic rings. The third-order valence-corrected chi connectivity index (χ3v) is 4.23. The van der Waals surface area contributed by atoms with Gasteiger partial charge in [0.25, 0.3) is 0 Å². The van der Waals surface area contributed by atoms with Gasteiger partial charge in [0.15, 0.2) is 17.5 Å². The predicted octanol–water partition coefficient (Wildman–Crippen LogP) is 4.35. The molecule has 0 atom stereocenters. The molecule has 9 heteroatoms. The van der Waals surface area contributed by atoms with Crippen molar-refractivity contribution < 1.29 is 18.6 Å². The summed E-state index contributed by atoms with van der Waals surface area (Å²) in [5.41, 5.74) is 1.16. The lowest BCUT2D eigenvalue weighted by Gasteiger charge is -2.16. The van der Waals surface area contributed by atoms with Crippen molar-refractivity contribution in [1.82, 2.24) is 5.32 Å². The molecule has 154 valence electrons. The number of benzene rings is 2. The van der Waals surface area contributed by atoms with E-state index in [0.29, 0.717) is 52.4 Å². The van der Waals surface area contributed by atoms with Crippen LogP contribution in [0.3, 0.4) is 0 Å². The standard InChI is InChI=1S/C19H23ClFN3O3.HI/c1-22-19(23-9-8-13-14(20)6-5-7-15(13)21)24-12-10-16(25-2)18(27-4)17(11-12)26-3;/h5-7,10-11H,8-9H2,1-4H3,(H2,22,23,24);1H. The largest absolute Gasteiger partial charge is 0.493 e. The van der Waals surface area contributed by atoms with Crippen LogP contribution in [-0.2, 0) is 6.42 Å². The van der Waals surface area contributed by atoms with Gasteiger partial charge in [-0.05, 0) is 18.6 Å². The summed E-state index contributed by atoms with van der Waals surface area (Å²) in [6, 6.07) is 8.18. The minimum absolute atomic E-state index is 0. The van der Waals surface area contributed by atoms with Crippen molar-refractivity contribution in [2.24, 2.45) is 4.99 Å². The maximum atomic E-state index is 13.8. The van der Waals surface area contributed by atoms with Crippen LogP contribution in [0.5, 0.6) is 17.2 Å². The molecule has 2 aromatic carbocycles. The molecule has 0 aliphatic heterocycles. The van der Waals surface area contributed by atoms with Gasteiger partial charge in [-0.25, -0.2) is 4.39 Å². The number of nitrogens with zero attached hydrogens (tertiary/aromatic N) is 1. The van der Waals surface area contributed by atoms with Gasteiger partial charge in [-0.2, -0.15) is 0 Å². The molecular weight excluding hydrogens is 500 g/mol.